The van der Waals surface area contributed by atoms with Gasteiger partial charge in [-0.2, -0.15) is 0 Å². The van der Waals surface area contributed by atoms with Crippen molar-refractivity contribution in [2.24, 2.45) is 5.92 Å². The summed E-state index contributed by atoms with van der Waals surface area (Å²) in [5.74, 6) is 2.04. The second-order valence-corrected chi connectivity index (χ2v) is 9.80. The molecule has 3 N–H and O–H groups in total. The van der Waals surface area contributed by atoms with Crippen LogP contribution in [0.4, 0.5) is 5.95 Å². The van der Waals surface area contributed by atoms with E-state index in [-0.39, 0.29) is 12.2 Å². The van der Waals surface area contributed by atoms with Gasteiger partial charge in [0.2, 0.25) is 11.8 Å². The van der Waals surface area contributed by atoms with Gasteiger partial charge in [0.05, 0.1) is 29.7 Å². The Morgan fingerprint density at radius 3 is 2.38 bits per heavy atom. The van der Waals surface area contributed by atoms with Crippen molar-refractivity contribution in [2.45, 2.75) is 102 Å². The van der Waals surface area contributed by atoms with E-state index >= 15 is 0 Å². The molecule has 176 valence electrons. The van der Waals surface area contributed by atoms with Crippen molar-refractivity contribution >= 4 is 16.9 Å². The summed E-state index contributed by atoms with van der Waals surface area (Å²) >= 11 is 0. The van der Waals surface area contributed by atoms with Crippen molar-refractivity contribution in [2.75, 3.05) is 11.9 Å². The maximum atomic E-state index is 9.95. The minimum atomic E-state index is -0.191. The third kappa shape index (κ3) is 5.67. The molecule has 2 aromatic rings. The first-order valence-corrected chi connectivity index (χ1v) is 12.4. The van der Waals surface area contributed by atoms with Gasteiger partial charge in [0, 0.05) is 24.0 Å². The Bertz CT molecular complexity index is 877. The Morgan fingerprint density at radius 2 is 1.69 bits per heavy atom. The Kier molecular flexibility index (Phi) is 7.79. The van der Waals surface area contributed by atoms with Crippen molar-refractivity contribution in [3.05, 3.63) is 18.0 Å². The SMILES string of the molecule is CCCC(C)Nc1ncc2c(OC[C@H]3CC[C@@H](O)CC3)ncc([C@H]3CC[C@H](O)CC3)c2n1. The van der Waals surface area contributed by atoms with E-state index in [9.17, 15) is 10.2 Å². The number of fused-ring (bicyclic) bond motifs is 1. The van der Waals surface area contributed by atoms with Crippen LogP contribution in [0.5, 0.6) is 5.88 Å². The summed E-state index contributed by atoms with van der Waals surface area (Å²) in [5.41, 5.74) is 2.05. The topological polar surface area (TPSA) is 100 Å². The summed E-state index contributed by atoms with van der Waals surface area (Å²) in [6, 6.07) is 0.310. The van der Waals surface area contributed by atoms with Crippen LogP contribution in [0, 0.1) is 5.92 Å². The molecule has 1 atom stereocenters. The molecule has 2 saturated carbocycles. The zero-order chi connectivity index (χ0) is 22.5. The highest BCUT2D eigenvalue weighted by molar-refractivity contribution is 5.86. The normalized spacial score (nSPS) is 27.2. The Labute approximate surface area is 191 Å². The molecule has 0 saturated heterocycles. The average molecular weight is 443 g/mol. The average Bonchev–Trinajstić information content (AvgIpc) is 2.79. The lowest BCUT2D eigenvalue weighted by atomic mass is 9.83. The zero-order valence-corrected chi connectivity index (χ0v) is 19.5. The van der Waals surface area contributed by atoms with E-state index in [2.05, 4.69) is 29.1 Å². The standard InChI is InChI=1S/C25H38N4O3/c1-3-4-16(2)28-25-27-14-22-23(29-25)21(18-7-11-20(31)12-8-18)13-26-24(22)32-15-17-5-9-19(30)10-6-17/h13-14,16-20,30-31H,3-12,15H2,1-2H3,(H,27,28,29)/t16?,17-,18-,19+,20-. The molecule has 0 spiro atoms. The monoisotopic (exact) mass is 442 g/mol. The predicted octanol–water partition coefficient (Wildman–Crippen LogP) is 4.57. The molecule has 2 heterocycles. The molecular formula is C25H38N4O3. The van der Waals surface area contributed by atoms with Gasteiger partial charge in [0.1, 0.15) is 0 Å². The Morgan fingerprint density at radius 1 is 1.00 bits per heavy atom. The molecule has 7 nitrogen and oxygen atoms in total. The third-order valence-corrected chi connectivity index (χ3v) is 7.12. The molecule has 0 amide bonds. The minimum absolute atomic E-state index is 0.159. The van der Waals surface area contributed by atoms with E-state index in [1.165, 1.54) is 0 Å². The molecule has 0 aliphatic heterocycles. The van der Waals surface area contributed by atoms with Gasteiger partial charge in [-0.05, 0) is 76.5 Å². The van der Waals surface area contributed by atoms with E-state index in [4.69, 9.17) is 9.72 Å². The van der Waals surface area contributed by atoms with Crippen LogP contribution in [0.15, 0.2) is 12.4 Å². The number of pyridine rings is 1. The van der Waals surface area contributed by atoms with Crippen LogP contribution in [0.1, 0.15) is 89.5 Å². The molecule has 0 aromatic carbocycles. The number of anilines is 1. The fourth-order valence-electron chi connectivity index (χ4n) is 5.12. The molecule has 32 heavy (non-hydrogen) atoms. The number of nitrogens with one attached hydrogen (secondary N) is 1. The molecule has 4 rings (SSSR count). The van der Waals surface area contributed by atoms with Gasteiger partial charge in [-0.3, -0.25) is 0 Å². The number of aliphatic hydroxyl groups is 2. The number of aromatic nitrogens is 3. The number of hydrogen-bond donors (Lipinski definition) is 3. The number of aliphatic hydroxyl groups excluding tert-OH is 2. The van der Waals surface area contributed by atoms with Crippen LogP contribution in [-0.2, 0) is 0 Å². The summed E-state index contributed by atoms with van der Waals surface area (Å²) in [5, 5.41) is 24.0. The quantitative estimate of drug-likeness (QED) is 0.550. The van der Waals surface area contributed by atoms with E-state index in [1.54, 1.807) is 0 Å². The van der Waals surface area contributed by atoms with Crippen molar-refractivity contribution in [3.63, 3.8) is 0 Å². The highest BCUT2D eigenvalue weighted by atomic mass is 16.5. The molecular weight excluding hydrogens is 404 g/mol. The first-order chi connectivity index (χ1) is 15.5. The van der Waals surface area contributed by atoms with Gasteiger partial charge in [-0.25, -0.2) is 15.0 Å². The summed E-state index contributed by atoms with van der Waals surface area (Å²) in [6.07, 6.45) is 12.8. The Balaban J connectivity index is 1.59. The van der Waals surface area contributed by atoms with Gasteiger partial charge in [0.25, 0.3) is 0 Å². The number of nitrogens with zero attached hydrogens (tertiary/aromatic N) is 3. The first-order valence-electron chi connectivity index (χ1n) is 12.4. The lowest BCUT2D eigenvalue weighted by molar-refractivity contribution is 0.0911. The smallest absolute Gasteiger partial charge is 0.224 e. The third-order valence-electron chi connectivity index (χ3n) is 7.12. The second kappa shape index (κ2) is 10.8. The van der Waals surface area contributed by atoms with Gasteiger partial charge >= 0.3 is 0 Å². The second-order valence-electron chi connectivity index (χ2n) is 9.80. The van der Waals surface area contributed by atoms with Gasteiger partial charge < -0.3 is 20.3 Å². The molecule has 0 bridgehead atoms. The van der Waals surface area contributed by atoms with Gasteiger partial charge in [0.15, 0.2) is 0 Å². The van der Waals surface area contributed by atoms with Gasteiger partial charge in [-0.15, -0.1) is 0 Å². The maximum absolute atomic E-state index is 9.95. The van der Waals surface area contributed by atoms with Crippen LogP contribution in [-0.4, -0.2) is 50.0 Å². The molecule has 2 aromatic heterocycles. The van der Waals surface area contributed by atoms with Crippen molar-refractivity contribution < 1.29 is 14.9 Å². The number of rotatable bonds is 8. The first kappa shape index (κ1) is 23.2. The van der Waals surface area contributed by atoms with Crippen LogP contribution in [0.3, 0.4) is 0 Å². The molecule has 0 radical (unpaired) electrons. The summed E-state index contributed by atoms with van der Waals surface area (Å²) in [4.78, 5) is 14.2. The van der Waals surface area contributed by atoms with E-state index in [0.717, 1.165) is 80.7 Å². The molecule has 2 fully saturated rings. The summed E-state index contributed by atoms with van der Waals surface area (Å²) in [6.45, 7) is 4.94. The van der Waals surface area contributed by atoms with Crippen molar-refractivity contribution in [3.8, 4) is 5.88 Å². The molecule has 7 heteroatoms. The van der Waals surface area contributed by atoms with Crippen LogP contribution in [0.25, 0.3) is 10.9 Å². The molecule has 2 aliphatic carbocycles. The predicted molar refractivity (Wildman–Crippen MR) is 126 cm³/mol. The fourth-order valence-corrected chi connectivity index (χ4v) is 5.12. The Hall–Kier alpha value is -1.99. The van der Waals surface area contributed by atoms with E-state index in [0.29, 0.717) is 36.3 Å². The van der Waals surface area contributed by atoms with Crippen LogP contribution in [0.2, 0.25) is 0 Å². The largest absolute Gasteiger partial charge is 0.477 e. The van der Waals surface area contributed by atoms with Crippen molar-refractivity contribution in [1.82, 2.24) is 15.0 Å². The summed E-state index contributed by atoms with van der Waals surface area (Å²) in [7, 11) is 0. The fraction of sp³-hybridized carbons (Fsp3) is 0.720. The van der Waals surface area contributed by atoms with Crippen LogP contribution >= 0.6 is 0 Å². The van der Waals surface area contributed by atoms with E-state index in [1.807, 2.05) is 12.4 Å². The highest BCUT2D eigenvalue weighted by Gasteiger charge is 2.25. The zero-order valence-electron chi connectivity index (χ0n) is 19.5. The molecule has 1 unspecified atom stereocenters. The van der Waals surface area contributed by atoms with Crippen LogP contribution < -0.4 is 10.1 Å². The van der Waals surface area contributed by atoms with Crippen molar-refractivity contribution in [1.29, 1.82) is 0 Å². The van der Waals surface area contributed by atoms with E-state index < -0.39 is 0 Å². The maximum Gasteiger partial charge on any atom is 0.224 e. The number of ether oxygens (including phenoxy) is 1. The lowest BCUT2D eigenvalue weighted by Crippen LogP contribution is -2.23. The minimum Gasteiger partial charge on any atom is -0.477 e. The van der Waals surface area contributed by atoms with Gasteiger partial charge in [-0.1, -0.05) is 13.3 Å². The molecule has 2 aliphatic rings. The highest BCUT2D eigenvalue weighted by Crippen LogP contribution is 2.38. The summed E-state index contributed by atoms with van der Waals surface area (Å²) < 4.78 is 6.18. The lowest BCUT2D eigenvalue weighted by Gasteiger charge is -2.27. The number of hydrogen-bond acceptors (Lipinski definition) is 7.